The molecular weight excluding hydrogens is 217 g/mol. The second kappa shape index (κ2) is 5.37. The van der Waals surface area contributed by atoms with Crippen molar-refractivity contribution in [3.8, 4) is 6.07 Å². The Morgan fingerprint density at radius 3 is 2.93 bits per heavy atom. The van der Waals surface area contributed by atoms with Gasteiger partial charge in [-0.3, -0.25) is 4.79 Å². The first-order valence-corrected chi connectivity index (χ1v) is 5.27. The Kier molecular flexibility index (Phi) is 4.13. The van der Waals surface area contributed by atoms with Gasteiger partial charge in [-0.2, -0.15) is 5.26 Å². The lowest BCUT2D eigenvalue weighted by molar-refractivity contribution is -0.133. The van der Waals surface area contributed by atoms with Crippen LogP contribution in [0.5, 0.6) is 0 Å². The van der Waals surface area contributed by atoms with E-state index in [0.717, 1.165) is 6.07 Å². The molecule has 5 heteroatoms. The monoisotopic (exact) mass is 225 g/mol. The zero-order valence-corrected chi connectivity index (χ0v) is 8.55. The Morgan fingerprint density at radius 1 is 1.60 bits per heavy atom. The summed E-state index contributed by atoms with van der Waals surface area (Å²) in [4.78, 5) is 10.3. The van der Waals surface area contributed by atoms with E-state index in [9.17, 15) is 9.18 Å². The Bertz CT molecular complexity index is 414. The van der Waals surface area contributed by atoms with Crippen molar-refractivity contribution >= 4 is 17.7 Å². The largest absolute Gasteiger partial charge is 0.481 e. The molecule has 0 heterocycles. The van der Waals surface area contributed by atoms with Gasteiger partial charge in [0.1, 0.15) is 5.82 Å². The highest BCUT2D eigenvalue weighted by atomic mass is 32.2. The van der Waals surface area contributed by atoms with Crippen LogP contribution in [0.2, 0.25) is 0 Å². The Hall–Kier alpha value is -1.54. The molecule has 1 aromatic carbocycles. The SMILES string of the molecule is N#Cc1cc(F)ccc1CSCC(=O)O. The number of halogens is 1. The number of nitriles is 1. The summed E-state index contributed by atoms with van der Waals surface area (Å²) in [6, 6.07) is 5.79. The number of carboxylic acids is 1. The molecule has 0 aliphatic heterocycles. The van der Waals surface area contributed by atoms with Crippen molar-refractivity contribution in [3.05, 3.63) is 35.1 Å². The Labute approximate surface area is 90.5 Å². The fourth-order valence-electron chi connectivity index (χ4n) is 1.03. The molecule has 0 atom stereocenters. The molecule has 3 nitrogen and oxygen atoms in total. The molecule has 0 saturated heterocycles. The van der Waals surface area contributed by atoms with Gasteiger partial charge >= 0.3 is 5.97 Å². The third-order valence-electron chi connectivity index (χ3n) is 1.68. The van der Waals surface area contributed by atoms with E-state index < -0.39 is 11.8 Å². The molecule has 0 bridgehead atoms. The second-order valence-corrected chi connectivity index (χ2v) is 3.79. The van der Waals surface area contributed by atoms with Crippen LogP contribution in [0.3, 0.4) is 0 Å². The summed E-state index contributed by atoms with van der Waals surface area (Å²) in [5.41, 5.74) is 0.915. The molecule has 0 unspecified atom stereocenters. The number of carboxylic acid groups (broad SMARTS) is 1. The van der Waals surface area contributed by atoms with Gasteiger partial charge in [-0.15, -0.1) is 11.8 Å². The minimum atomic E-state index is -0.902. The zero-order chi connectivity index (χ0) is 11.3. The van der Waals surface area contributed by atoms with Crippen LogP contribution in [0.4, 0.5) is 4.39 Å². The molecule has 1 aromatic rings. The smallest absolute Gasteiger partial charge is 0.313 e. The van der Waals surface area contributed by atoms with Gasteiger partial charge < -0.3 is 5.11 Å². The summed E-state index contributed by atoms with van der Waals surface area (Å²) in [6.45, 7) is 0. The maximum Gasteiger partial charge on any atom is 0.313 e. The molecule has 78 valence electrons. The second-order valence-electron chi connectivity index (χ2n) is 2.80. The van der Waals surface area contributed by atoms with Crippen molar-refractivity contribution < 1.29 is 14.3 Å². The van der Waals surface area contributed by atoms with Crippen molar-refractivity contribution in [2.24, 2.45) is 0 Å². The minimum Gasteiger partial charge on any atom is -0.481 e. The Morgan fingerprint density at radius 2 is 2.33 bits per heavy atom. The summed E-state index contributed by atoms with van der Waals surface area (Å²) < 4.78 is 12.7. The van der Waals surface area contributed by atoms with E-state index in [4.69, 9.17) is 10.4 Å². The number of benzene rings is 1. The molecule has 0 spiro atoms. The van der Waals surface area contributed by atoms with Gasteiger partial charge in [0, 0.05) is 5.75 Å². The maximum atomic E-state index is 12.7. The summed E-state index contributed by atoms with van der Waals surface area (Å²) in [6.07, 6.45) is 0. The number of thioether (sulfide) groups is 1. The van der Waals surface area contributed by atoms with Crippen LogP contribution < -0.4 is 0 Å². The highest BCUT2D eigenvalue weighted by molar-refractivity contribution is 7.99. The predicted octanol–water partition coefficient (Wildman–Crippen LogP) is 2.02. The van der Waals surface area contributed by atoms with Crippen molar-refractivity contribution in [2.75, 3.05) is 5.75 Å². The van der Waals surface area contributed by atoms with Crippen molar-refractivity contribution in [1.29, 1.82) is 5.26 Å². The van der Waals surface area contributed by atoms with Crippen LogP contribution in [0.25, 0.3) is 0 Å². The van der Waals surface area contributed by atoms with E-state index in [1.165, 1.54) is 23.9 Å². The minimum absolute atomic E-state index is 0.0256. The van der Waals surface area contributed by atoms with E-state index in [0.29, 0.717) is 11.3 Å². The first-order valence-electron chi connectivity index (χ1n) is 4.11. The third kappa shape index (κ3) is 3.60. The van der Waals surface area contributed by atoms with Crippen molar-refractivity contribution in [3.63, 3.8) is 0 Å². The van der Waals surface area contributed by atoms with Crippen LogP contribution in [0.15, 0.2) is 18.2 Å². The summed E-state index contributed by atoms with van der Waals surface area (Å²) in [7, 11) is 0. The molecule has 0 saturated carbocycles. The van der Waals surface area contributed by atoms with E-state index in [1.54, 1.807) is 0 Å². The molecule has 0 amide bonds. The molecule has 1 N–H and O–H groups in total. The molecule has 0 aliphatic carbocycles. The van der Waals surface area contributed by atoms with Crippen LogP contribution in [-0.2, 0) is 10.5 Å². The number of nitrogens with zero attached hydrogens (tertiary/aromatic N) is 1. The first-order chi connectivity index (χ1) is 7.13. The lowest BCUT2D eigenvalue weighted by Crippen LogP contribution is -1.99. The average Bonchev–Trinajstić information content (AvgIpc) is 2.19. The molecule has 0 aliphatic rings. The quantitative estimate of drug-likeness (QED) is 0.851. The standard InChI is InChI=1S/C10H8FNO2S/c11-9-2-1-7(8(3-9)4-12)5-15-6-10(13)14/h1-3H,5-6H2,(H,13,14). The van der Waals surface area contributed by atoms with Gasteiger partial charge in [0.25, 0.3) is 0 Å². The molecule has 0 radical (unpaired) electrons. The Balaban J connectivity index is 2.69. The van der Waals surface area contributed by atoms with Gasteiger partial charge in [0.2, 0.25) is 0 Å². The number of carbonyl (C=O) groups is 1. The van der Waals surface area contributed by atoms with E-state index >= 15 is 0 Å². The average molecular weight is 225 g/mol. The third-order valence-corrected chi connectivity index (χ3v) is 2.64. The topological polar surface area (TPSA) is 61.1 Å². The van der Waals surface area contributed by atoms with Gasteiger partial charge in [0.15, 0.2) is 0 Å². The van der Waals surface area contributed by atoms with E-state index in [-0.39, 0.29) is 11.3 Å². The summed E-state index contributed by atoms with van der Waals surface area (Å²) in [5.74, 6) is -0.989. The summed E-state index contributed by atoms with van der Waals surface area (Å²) >= 11 is 1.18. The first kappa shape index (κ1) is 11.5. The molecule has 0 fully saturated rings. The highest BCUT2D eigenvalue weighted by Gasteiger charge is 2.05. The molecule has 1 rings (SSSR count). The fourth-order valence-corrected chi connectivity index (χ4v) is 1.78. The fraction of sp³-hybridized carbons (Fsp3) is 0.200. The normalized spacial score (nSPS) is 9.60. The number of rotatable bonds is 4. The lowest BCUT2D eigenvalue weighted by Gasteiger charge is -2.02. The predicted molar refractivity (Wildman–Crippen MR) is 54.9 cm³/mol. The summed E-state index contributed by atoms with van der Waals surface area (Å²) in [5, 5.41) is 17.1. The van der Waals surface area contributed by atoms with E-state index in [1.807, 2.05) is 6.07 Å². The number of hydrogen-bond donors (Lipinski definition) is 1. The van der Waals surface area contributed by atoms with Crippen molar-refractivity contribution in [1.82, 2.24) is 0 Å². The molecule has 0 aromatic heterocycles. The highest BCUT2D eigenvalue weighted by Crippen LogP contribution is 2.17. The van der Waals surface area contributed by atoms with Gasteiger partial charge in [-0.25, -0.2) is 4.39 Å². The maximum absolute atomic E-state index is 12.7. The zero-order valence-electron chi connectivity index (χ0n) is 7.74. The van der Waals surface area contributed by atoms with Crippen LogP contribution in [-0.4, -0.2) is 16.8 Å². The van der Waals surface area contributed by atoms with Crippen LogP contribution >= 0.6 is 11.8 Å². The van der Waals surface area contributed by atoms with Gasteiger partial charge in [0.05, 0.1) is 17.4 Å². The van der Waals surface area contributed by atoms with Gasteiger partial charge in [-0.05, 0) is 17.7 Å². The number of hydrogen-bond acceptors (Lipinski definition) is 3. The van der Waals surface area contributed by atoms with Gasteiger partial charge in [-0.1, -0.05) is 6.07 Å². The number of aliphatic carboxylic acids is 1. The van der Waals surface area contributed by atoms with Crippen LogP contribution in [0, 0.1) is 17.1 Å². The lowest BCUT2D eigenvalue weighted by atomic mass is 10.1. The van der Waals surface area contributed by atoms with Crippen molar-refractivity contribution in [2.45, 2.75) is 5.75 Å². The van der Waals surface area contributed by atoms with E-state index in [2.05, 4.69) is 0 Å². The van der Waals surface area contributed by atoms with Crippen LogP contribution in [0.1, 0.15) is 11.1 Å². The molecule has 15 heavy (non-hydrogen) atoms. The molecular formula is C10H8FNO2S.